The van der Waals surface area contributed by atoms with Crippen LogP contribution in [0, 0.1) is 5.92 Å². The number of nitrogens with zero attached hydrogens (tertiary/aromatic N) is 5. The fraction of sp³-hybridized carbons (Fsp3) is 0.500. The maximum absolute atomic E-state index is 14.8. The van der Waals surface area contributed by atoms with Crippen LogP contribution in [0.5, 0.6) is 0 Å². The number of alkyl halides is 1. The quantitative estimate of drug-likeness (QED) is 0.341. The molecule has 2 amide bonds. The Labute approximate surface area is 279 Å². The minimum atomic E-state index is -1.11. The molecule has 4 aliphatic heterocycles. The van der Waals surface area contributed by atoms with Crippen LogP contribution < -0.4 is 0 Å². The number of aliphatic imine (C=N–C) groups is 1. The zero-order valence-electron chi connectivity index (χ0n) is 26.5. The average molecular weight is 673 g/mol. The number of rotatable bonds is 6. The number of hydrogen-bond acceptors (Lipinski definition) is 6. The maximum atomic E-state index is 14.8. The van der Waals surface area contributed by atoms with Gasteiger partial charge in [0.15, 0.2) is 5.17 Å². The van der Waals surface area contributed by atoms with Gasteiger partial charge in [0, 0.05) is 28.3 Å². The van der Waals surface area contributed by atoms with Crippen molar-refractivity contribution in [3.8, 4) is 0 Å². The van der Waals surface area contributed by atoms with Crippen LogP contribution in [-0.2, 0) is 15.1 Å². The number of carbonyl (C=O) groups is 2. The molecule has 0 spiro atoms. The number of fused-ring (bicyclic) bond motifs is 1. The van der Waals surface area contributed by atoms with Crippen LogP contribution in [0.15, 0.2) is 64.1 Å². The molecule has 7 nitrogen and oxygen atoms in total. The summed E-state index contributed by atoms with van der Waals surface area (Å²) in [4.78, 5) is 41.8. The van der Waals surface area contributed by atoms with Crippen LogP contribution in [0.1, 0.15) is 57.7 Å². The molecule has 2 saturated heterocycles. The van der Waals surface area contributed by atoms with Crippen molar-refractivity contribution in [1.82, 2.24) is 19.6 Å². The predicted octanol–water partition coefficient (Wildman–Crippen LogP) is 6.73. The van der Waals surface area contributed by atoms with Gasteiger partial charge in [0.05, 0.1) is 18.6 Å². The molecule has 2 aromatic rings. The number of halogens is 3. The average Bonchev–Trinajstić information content (AvgIpc) is 3.74. The topological polar surface area (TPSA) is 59.5 Å². The number of benzene rings is 2. The summed E-state index contributed by atoms with van der Waals surface area (Å²) in [5, 5.41) is 2.05. The Morgan fingerprint density at radius 3 is 2.22 bits per heavy atom. The molecule has 4 aliphatic rings. The summed E-state index contributed by atoms with van der Waals surface area (Å²) in [7, 11) is 3.67. The highest BCUT2D eigenvalue weighted by atomic mass is 35.5. The van der Waals surface area contributed by atoms with E-state index in [9.17, 15) is 14.0 Å². The van der Waals surface area contributed by atoms with E-state index in [-0.39, 0.29) is 42.4 Å². The van der Waals surface area contributed by atoms with Crippen LogP contribution in [0.3, 0.4) is 0 Å². The van der Waals surface area contributed by atoms with Gasteiger partial charge < -0.3 is 19.6 Å². The van der Waals surface area contributed by atoms with Crippen molar-refractivity contribution in [1.29, 1.82) is 0 Å². The molecule has 240 valence electrons. The lowest BCUT2D eigenvalue weighted by Crippen LogP contribution is -2.50. The molecular formula is C34H40Cl2FN5O2S. The fourth-order valence-electron chi connectivity index (χ4n) is 7.37. The van der Waals surface area contributed by atoms with Crippen molar-refractivity contribution in [2.45, 2.75) is 76.4 Å². The van der Waals surface area contributed by atoms with Crippen molar-refractivity contribution in [2.24, 2.45) is 10.9 Å². The lowest BCUT2D eigenvalue weighted by Gasteiger charge is -2.37. The zero-order valence-corrected chi connectivity index (χ0v) is 28.8. The number of hydrogen-bond donors (Lipinski definition) is 0. The van der Waals surface area contributed by atoms with Crippen molar-refractivity contribution in [3.05, 3.63) is 80.3 Å². The lowest BCUT2D eigenvalue weighted by atomic mass is 9.81. The molecule has 0 aromatic heterocycles. The maximum Gasteiger partial charge on any atom is 0.263 e. The highest BCUT2D eigenvalue weighted by Crippen LogP contribution is 2.56. The smallest absolute Gasteiger partial charge is 0.263 e. The second kappa shape index (κ2) is 12.2. The summed E-state index contributed by atoms with van der Waals surface area (Å²) >= 11 is 14.0. The molecule has 0 bridgehead atoms. The third kappa shape index (κ3) is 5.57. The molecule has 0 radical (unpaired) electrons. The van der Waals surface area contributed by atoms with Gasteiger partial charge in [0.1, 0.15) is 22.7 Å². The fourth-order valence-corrected chi connectivity index (χ4v) is 8.98. The molecule has 0 aliphatic carbocycles. The third-order valence-corrected chi connectivity index (χ3v) is 11.3. The first-order valence-electron chi connectivity index (χ1n) is 15.6. The van der Waals surface area contributed by atoms with Crippen LogP contribution in [0.2, 0.25) is 10.0 Å². The summed E-state index contributed by atoms with van der Waals surface area (Å²) in [6.07, 6.45) is 0.166. The third-order valence-electron chi connectivity index (χ3n) is 9.75. The number of likely N-dealkylation sites (tertiary alicyclic amines) is 2. The van der Waals surface area contributed by atoms with Gasteiger partial charge in [-0.1, -0.05) is 61.3 Å². The van der Waals surface area contributed by atoms with E-state index in [1.165, 1.54) is 11.8 Å². The Morgan fingerprint density at radius 2 is 1.64 bits per heavy atom. The molecule has 0 saturated carbocycles. The Kier molecular flexibility index (Phi) is 8.78. The van der Waals surface area contributed by atoms with Crippen LogP contribution >= 0.6 is 35.0 Å². The van der Waals surface area contributed by atoms with E-state index in [1.54, 1.807) is 9.80 Å². The monoisotopic (exact) mass is 671 g/mol. The van der Waals surface area contributed by atoms with E-state index in [1.807, 2.05) is 74.4 Å². The second-order valence-corrected chi connectivity index (χ2v) is 15.1. The Bertz CT molecular complexity index is 1550. The number of carbonyl (C=O) groups excluding carboxylic acids is 2. The van der Waals surface area contributed by atoms with Crippen LogP contribution in [0.25, 0.3) is 0 Å². The van der Waals surface area contributed by atoms with Crippen molar-refractivity contribution < 1.29 is 14.0 Å². The summed E-state index contributed by atoms with van der Waals surface area (Å²) in [5.41, 5.74) is 2.26. The van der Waals surface area contributed by atoms with Gasteiger partial charge in [0.2, 0.25) is 5.91 Å². The van der Waals surface area contributed by atoms with Crippen LogP contribution in [-0.4, -0.2) is 88.1 Å². The molecule has 0 N–H and O–H groups in total. The number of likely N-dealkylation sites (N-methyl/N-ethyl adjacent to an activating group) is 1. The number of amides is 2. The minimum absolute atomic E-state index is 0.00898. The first kappa shape index (κ1) is 32.4. The van der Waals surface area contributed by atoms with Gasteiger partial charge in [-0.25, -0.2) is 9.38 Å². The van der Waals surface area contributed by atoms with Gasteiger partial charge in [-0.05, 0) is 93.9 Å². The predicted molar refractivity (Wildman–Crippen MR) is 180 cm³/mol. The zero-order chi connectivity index (χ0) is 32.4. The van der Waals surface area contributed by atoms with Crippen molar-refractivity contribution in [2.75, 3.05) is 27.2 Å². The summed E-state index contributed by atoms with van der Waals surface area (Å²) < 4.78 is 14.8. The molecular weight excluding hydrogens is 632 g/mol. The van der Waals surface area contributed by atoms with E-state index in [0.29, 0.717) is 34.3 Å². The van der Waals surface area contributed by atoms with Gasteiger partial charge >= 0.3 is 0 Å². The Balaban J connectivity index is 1.37. The first-order valence-corrected chi connectivity index (χ1v) is 17.1. The normalized spacial score (nSPS) is 29.8. The SMILES string of the molecule is CC(C)C1=C(C(=O)N2[C@H](C)CC[C@H]2C(=O)N2C[C@@H](F)[C@H](N(C)C)C2)SC2=N[C@@](C)(c3ccc(Cl)cc3)[C@@H](c3ccc(Cl)cc3)N21. The molecule has 45 heavy (non-hydrogen) atoms. The van der Waals surface area contributed by atoms with E-state index < -0.39 is 17.8 Å². The van der Waals surface area contributed by atoms with Gasteiger partial charge in [-0.15, -0.1) is 0 Å². The molecule has 6 rings (SSSR count). The number of amidine groups is 1. The molecule has 0 unspecified atom stereocenters. The Hall–Kier alpha value is -2.59. The standard InChI is InChI=1S/C34H40Cl2FN5O2S/c1-19(2)28-29(32(44)41-20(3)7-16-26(41)31(43)40-17-25(37)27(18-40)39(5)6)45-33-38-34(4,22-10-14-24(36)15-11-22)30(42(28)33)21-8-12-23(35)13-9-21/h8-15,19-20,25-27,30H,7,16-18H2,1-6H3/t20-,25-,26+,27-,30-,34+/m1/s1. The molecule has 11 heteroatoms. The van der Waals surface area contributed by atoms with Gasteiger partial charge in [0.25, 0.3) is 5.91 Å². The lowest BCUT2D eigenvalue weighted by molar-refractivity contribution is -0.142. The first-order chi connectivity index (χ1) is 21.3. The summed E-state index contributed by atoms with van der Waals surface area (Å²) in [5.74, 6) is -0.334. The summed E-state index contributed by atoms with van der Waals surface area (Å²) in [6, 6.07) is 14.3. The number of thioether (sulfide) groups is 1. The van der Waals surface area contributed by atoms with Gasteiger partial charge in [-0.2, -0.15) is 0 Å². The highest BCUT2D eigenvalue weighted by Gasteiger charge is 2.54. The summed E-state index contributed by atoms with van der Waals surface area (Å²) in [6.45, 7) is 8.67. The van der Waals surface area contributed by atoms with Crippen LogP contribution in [0.4, 0.5) is 4.39 Å². The minimum Gasteiger partial charge on any atom is -0.336 e. The molecule has 6 atom stereocenters. The van der Waals surface area contributed by atoms with E-state index >= 15 is 0 Å². The highest BCUT2D eigenvalue weighted by molar-refractivity contribution is 8.18. The number of allylic oxidation sites excluding steroid dienone is 1. The van der Waals surface area contributed by atoms with Crippen molar-refractivity contribution >= 4 is 51.9 Å². The Morgan fingerprint density at radius 1 is 1.02 bits per heavy atom. The molecule has 2 fully saturated rings. The van der Waals surface area contributed by atoms with Gasteiger partial charge in [-0.3, -0.25) is 9.59 Å². The van der Waals surface area contributed by atoms with E-state index in [4.69, 9.17) is 28.2 Å². The molecule has 4 heterocycles. The van der Waals surface area contributed by atoms with E-state index in [0.717, 1.165) is 22.0 Å². The second-order valence-electron chi connectivity index (χ2n) is 13.3. The molecule has 2 aromatic carbocycles. The van der Waals surface area contributed by atoms with Crippen molar-refractivity contribution in [3.63, 3.8) is 0 Å². The van der Waals surface area contributed by atoms with E-state index in [2.05, 4.69) is 25.7 Å². The largest absolute Gasteiger partial charge is 0.336 e.